The minimum absolute atomic E-state index is 0.544. The van der Waals surface area contributed by atoms with Crippen molar-refractivity contribution < 1.29 is 4.39 Å². The van der Waals surface area contributed by atoms with Gasteiger partial charge in [0.1, 0.15) is 6.17 Å². The van der Waals surface area contributed by atoms with Gasteiger partial charge in [0.25, 0.3) is 0 Å². The summed E-state index contributed by atoms with van der Waals surface area (Å²) in [7, 11) is 0. The van der Waals surface area contributed by atoms with E-state index in [1.165, 1.54) is 0 Å². The molecule has 0 bridgehead atoms. The van der Waals surface area contributed by atoms with Crippen LogP contribution in [0.15, 0.2) is 42.7 Å². The van der Waals surface area contributed by atoms with Crippen molar-refractivity contribution in [2.24, 2.45) is 0 Å². The molecule has 112 valence electrons. The lowest BCUT2D eigenvalue weighted by Gasteiger charge is -2.29. The number of fused-ring (bicyclic) bond motifs is 1. The Hall–Kier alpha value is -2.50. The summed E-state index contributed by atoms with van der Waals surface area (Å²) in [5.74, 6) is 1.57. The Bertz CT molecular complexity index is 778. The number of piperidine rings is 1. The molecule has 0 spiro atoms. The maximum absolute atomic E-state index is 13.3. The minimum Gasteiger partial charge on any atom is -0.353 e. The molecule has 0 saturated carbocycles. The fourth-order valence-electron chi connectivity index (χ4n) is 2.88. The summed E-state index contributed by atoms with van der Waals surface area (Å²) >= 11 is 0. The molecule has 2 aromatic heterocycles. The summed E-state index contributed by atoms with van der Waals surface area (Å²) in [5, 5.41) is 8.61. The summed E-state index contributed by atoms with van der Waals surface area (Å²) in [4.78, 5) is 6.53. The van der Waals surface area contributed by atoms with Crippen LogP contribution in [0.4, 0.5) is 10.2 Å². The Labute approximate surface area is 127 Å². The van der Waals surface area contributed by atoms with Gasteiger partial charge >= 0.3 is 0 Å². The van der Waals surface area contributed by atoms with E-state index in [1.807, 2.05) is 40.9 Å². The first-order chi connectivity index (χ1) is 10.8. The van der Waals surface area contributed by atoms with Gasteiger partial charge < -0.3 is 4.90 Å². The zero-order valence-corrected chi connectivity index (χ0v) is 12.1. The number of halogens is 1. The molecule has 0 amide bonds. The molecule has 0 unspecified atom stereocenters. The number of hydrogen-bond acceptors (Lipinski definition) is 4. The molecule has 5 nitrogen and oxygen atoms in total. The van der Waals surface area contributed by atoms with E-state index in [2.05, 4.69) is 20.1 Å². The first-order valence-corrected chi connectivity index (χ1v) is 7.47. The fourth-order valence-corrected chi connectivity index (χ4v) is 2.88. The van der Waals surface area contributed by atoms with Crippen LogP contribution in [-0.4, -0.2) is 38.8 Å². The second kappa shape index (κ2) is 5.36. The lowest BCUT2D eigenvalue weighted by atomic mass is 10.1. The number of alkyl halides is 1. The van der Waals surface area contributed by atoms with Crippen LogP contribution < -0.4 is 4.90 Å². The van der Waals surface area contributed by atoms with E-state index >= 15 is 0 Å². The van der Waals surface area contributed by atoms with Crippen molar-refractivity contribution in [1.29, 1.82) is 0 Å². The summed E-state index contributed by atoms with van der Waals surface area (Å²) in [6, 6.07) is 9.94. The van der Waals surface area contributed by atoms with Gasteiger partial charge in [0.05, 0.1) is 0 Å². The molecule has 1 saturated heterocycles. The molecule has 3 aromatic rings. The third-order valence-electron chi connectivity index (χ3n) is 4.06. The van der Waals surface area contributed by atoms with E-state index in [1.54, 1.807) is 6.20 Å². The Kier molecular flexibility index (Phi) is 3.21. The molecule has 6 heteroatoms. The minimum atomic E-state index is -0.700. The average molecular weight is 297 g/mol. The van der Waals surface area contributed by atoms with Crippen LogP contribution in [0.1, 0.15) is 12.8 Å². The highest BCUT2D eigenvalue weighted by Crippen LogP contribution is 2.25. The quantitative estimate of drug-likeness (QED) is 0.729. The summed E-state index contributed by atoms with van der Waals surface area (Å²) in [5.41, 5.74) is 1.73. The number of rotatable bonds is 2. The van der Waals surface area contributed by atoms with Crippen LogP contribution in [0.5, 0.6) is 0 Å². The third kappa shape index (κ3) is 2.20. The van der Waals surface area contributed by atoms with E-state index in [0.717, 1.165) is 22.9 Å². The maximum atomic E-state index is 13.3. The van der Waals surface area contributed by atoms with Crippen LogP contribution in [0.3, 0.4) is 0 Å². The SMILES string of the molecule is FC1CCN(c2nccn3c(-c4ccccc4)nnc23)CC1. The lowest BCUT2D eigenvalue weighted by Crippen LogP contribution is -2.35. The van der Waals surface area contributed by atoms with Gasteiger partial charge in [-0.15, -0.1) is 10.2 Å². The fraction of sp³-hybridized carbons (Fsp3) is 0.312. The van der Waals surface area contributed by atoms with Gasteiger partial charge in [-0.05, 0) is 12.8 Å². The Balaban J connectivity index is 1.77. The van der Waals surface area contributed by atoms with Crippen LogP contribution in [0, 0.1) is 0 Å². The molecule has 0 atom stereocenters. The molecule has 1 aliphatic heterocycles. The third-order valence-corrected chi connectivity index (χ3v) is 4.06. The summed E-state index contributed by atoms with van der Waals surface area (Å²) in [6.45, 7) is 1.34. The standard InChI is InChI=1S/C16H16FN5/c17-13-6-9-21(10-7-13)15-16-20-19-14(22(16)11-8-18-15)12-4-2-1-3-5-12/h1-5,8,11,13H,6-7,9-10H2. The highest BCUT2D eigenvalue weighted by Gasteiger charge is 2.22. The van der Waals surface area contributed by atoms with Gasteiger partial charge in [0, 0.05) is 31.0 Å². The Morgan fingerprint density at radius 2 is 1.82 bits per heavy atom. The predicted octanol–water partition coefficient (Wildman–Crippen LogP) is 2.73. The van der Waals surface area contributed by atoms with Crippen LogP contribution in [-0.2, 0) is 0 Å². The molecular weight excluding hydrogens is 281 g/mol. The largest absolute Gasteiger partial charge is 0.353 e. The molecule has 0 radical (unpaired) electrons. The van der Waals surface area contributed by atoms with Gasteiger partial charge in [-0.1, -0.05) is 30.3 Å². The zero-order valence-electron chi connectivity index (χ0n) is 12.1. The Morgan fingerprint density at radius 3 is 2.59 bits per heavy atom. The van der Waals surface area contributed by atoms with Crippen molar-refractivity contribution in [2.45, 2.75) is 19.0 Å². The van der Waals surface area contributed by atoms with E-state index in [-0.39, 0.29) is 0 Å². The lowest BCUT2D eigenvalue weighted by molar-refractivity contribution is 0.277. The number of hydrogen-bond donors (Lipinski definition) is 0. The van der Waals surface area contributed by atoms with Gasteiger partial charge in [-0.25, -0.2) is 9.37 Å². The van der Waals surface area contributed by atoms with Crippen molar-refractivity contribution in [3.63, 3.8) is 0 Å². The highest BCUT2D eigenvalue weighted by atomic mass is 19.1. The van der Waals surface area contributed by atoms with Gasteiger partial charge in [0.2, 0.25) is 5.65 Å². The highest BCUT2D eigenvalue weighted by molar-refractivity contribution is 5.68. The number of benzene rings is 1. The van der Waals surface area contributed by atoms with Crippen LogP contribution >= 0.6 is 0 Å². The maximum Gasteiger partial charge on any atom is 0.204 e. The van der Waals surface area contributed by atoms with Crippen LogP contribution in [0.25, 0.3) is 17.0 Å². The van der Waals surface area contributed by atoms with Gasteiger partial charge in [0.15, 0.2) is 11.6 Å². The molecule has 1 fully saturated rings. The average Bonchev–Trinajstić information content (AvgIpc) is 3.00. The number of anilines is 1. The molecular formula is C16H16FN5. The predicted molar refractivity (Wildman–Crippen MR) is 82.6 cm³/mol. The first-order valence-electron chi connectivity index (χ1n) is 7.47. The molecule has 4 rings (SSSR count). The number of nitrogens with zero attached hydrogens (tertiary/aromatic N) is 5. The van der Waals surface area contributed by atoms with Crippen molar-refractivity contribution in [3.05, 3.63) is 42.7 Å². The molecule has 3 heterocycles. The summed E-state index contributed by atoms with van der Waals surface area (Å²) in [6.07, 6.45) is 4.00. The summed E-state index contributed by atoms with van der Waals surface area (Å²) < 4.78 is 15.3. The van der Waals surface area contributed by atoms with Crippen molar-refractivity contribution >= 4 is 11.5 Å². The first kappa shape index (κ1) is 13.2. The van der Waals surface area contributed by atoms with Crippen molar-refractivity contribution in [3.8, 4) is 11.4 Å². The molecule has 0 aliphatic carbocycles. The zero-order chi connectivity index (χ0) is 14.9. The topological polar surface area (TPSA) is 46.3 Å². The Morgan fingerprint density at radius 1 is 1.05 bits per heavy atom. The second-order valence-corrected chi connectivity index (χ2v) is 5.50. The second-order valence-electron chi connectivity index (χ2n) is 5.50. The molecule has 0 N–H and O–H groups in total. The van der Waals surface area contributed by atoms with E-state index in [4.69, 9.17) is 0 Å². The van der Waals surface area contributed by atoms with E-state index in [9.17, 15) is 4.39 Å². The van der Waals surface area contributed by atoms with Gasteiger partial charge in [-0.3, -0.25) is 4.40 Å². The number of aromatic nitrogens is 4. The van der Waals surface area contributed by atoms with E-state index in [0.29, 0.717) is 25.9 Å². The van der Waals surface area contributed by atoms with Gasteiger partial charge in [-0.2, -0.15) is 0 Å². The molecule has 22 heavy (non-hydrogen) atoms. The molecule has 1 aromatic carbocycles. The monoisotopic (exact) mass is 297 g/mol. The van der Waals surface area contributed by atoms with Crippen molar-refractivity contribution in [1.82, 2.24) is 19.6 Å². The van der Waals surface area contributed by atoms with Crippen molar-refractivity contribution in [2.75, 3.05) is 18.0 Å². The smallest absolute Gasteiger partial charge is 0.204 e. The van der Waals surface area contributed by atoms with Crippen LogP contribution in [0.2, 0.25) is 0 Å². The normalized spacial score (nSPS) is 16.3. The molecule has 1 aliphatic rings. The van der Waals surface area contributed by atoms with E-state index < -0.39 is 6.17 Å².